The monoisotopic (exact) mass is 311 g/mol. The van der Waals surface area contributed by atoms with Crippen LogP contribution in [0.1, 0.15) is 35.1 Å². The Morgan fingerprint density at radius 3 is 2.30 bits per heavy atom. The van der Waals surface area contributed by atoms with E-state index in [4.69, 9.17) is 4.74 Å². The number of methoxy groups -OCH3 is 1. The van der Waals surface area contributed by atoms with Crippen molar-refractivity contribution in [2.45, 2.75) is 45.8 Å². The zero-order valence-electron chi connectivity index (χ0n) is 14.2. The van der Waals surface area contributed by atoms with Gasteiger partial charge in [-0.3, -0.25) is 4.90 Å². The molecule has 0 unspecified atom stereocenters. The van der Waals surface area contributed by atoms with E-state index in [1.807, 2.05) is 25.1 Å². The largest absolute Gasteiger partial charge is 0.508 e. The number of hydrogen-bond donors (Lipinski definition) is 1. The Morgan fingerprint density at radius 2 is 1.70 bits per heavy atom. The van der Waals surface area contributed by atoms with Crippen LogP contribution in [0.3, 0.4) is 0 Å². The lowest BCUT2D eigenvalue weighted by atomic mass is 10.0. The number of rotatable bonds is 6. The normalized spacial score (nSPS) is 14.3. The maximum Gasteiger partial charge on any atom is 0.120 e. The van der Waals surface area contributed by atoms with Crippen molar-refractivity contribution in [2.24, 2.45) is 0 Å². The maximum atomic E-state index is 10.3. The highest BCUT2D eigenvalue weighted by Crippen LogP contribution is 2.32. The van der Waals surface area contributed by atoms with Crippen LogP contribution in [-0.4, -0.2) is 23.2 Å². The van der Waals surface area contributed by atoms with Crippen LogP contribution in [0.15, 0.2) is 36.4 Å². The molecule has 0 radical (unpaired) electrons. The first-order valence-electron chi connectivity index (χ1n) is 8.23. The van der Waals surface area contributed by atoms with Gasteiger partial charge in [0.25, 0.3) is 0 Å². The van der Waals surface area contributed by atoms with E-state index in [1.54, 1.807) is 7.11 Å². The molecule has 23 heavy (non-hydrogen) atoms. The summed E-state index contributed by atoms with van der Waals surface area (Å²) in [5.74, 6) is 1.30. The Hall–Kier alpha value is -2.00. The first-order valence-corrected chi connectivity index (χ1v) is 8.23. The summed E-state index contributed by atoms with van der Waals surface area (Å²) in [6.45, 7) is 5.84. The molecule has 2 aromatic rings. The number of benzene rings is 2. The van der Waals surface area contributed by atoms with Crippen LogP contribution in [0, 0.1) is 13.8 Å². The molecule has 0 heterocycles. The van der Waals surface area contributed by atoms with Crippen molar-refractivity contribution in [2.75, 3.05) is 7.11 Å². The summed E-state index contributed by atoms with van der Waals surface area (Å²) in [5, 5.41) is 10.3. The molecular formula is C20H25NO2. The number of phenolic OH excluding ortho intramolecular Hbond substituents is 1. The highest BCUT2D eigenvalue weighted by molar-refractivity contribution is 5.41. The molecule has 1 fully saturated rings. The van der Waals surface area contributed by atoms with Gasteiger partial charge in [-0.25, -0.2) is 0 Å². The number of hydrogen-bond acceptors (Lipinski definition) is 3. The van der Waals surface area contributed by atoms with E-state index in [9.17, 15) is 5.11 Å². The lowest BCUT2D eigenvalue weighted by Crippen LogP contribution is -2.25. The van der Waals surface area contributed by atoms with E-state index in [-0.39, 0.29) is 0 Å². The molecule has 1 aliphatic carbocycles. The van der Waals surface area contributed by atoms with Crippen LogP contribution in [0.25, 0.3) is 0 Å². The zero-order chi connectivity index (χ0) is 16.4. The first kappa shape index (κ1) is 15.9. The molecule has 1 saturated carbocycles. The van der Waals surface area contributed by atoms with E-state index in [2.05, 4.69) is 30.0 Å². The van der Waals surface area contributed by atoms with E-state index >= 15 is 0 Å². The van der Waals surface area contributed by atoms with Crippen LogP contribution in [0.5, 0.6) is 11.5 Å². The van der Waals surface area contributed by atoms with Gasteiger partial charge in [-0.1, -0.05) is 18.2 Å². The van der Waals surface area contributed by atoms with Crippen LogP contribution < -0.4 is 4.74 Å². The van der Waals surface area contributed by atoms with Crippen molar-refractivity contribution in [1.29, 1.82) is 0 Å². The Balaban J connectivity index is 1.75. The predicted molar refractivity (Wildman–Crippen MR) is 92.8 cm³/mol. The Morgan fingerprint density at radius 1 is 1.04 bits per heavy atom. The fourth-order valence-electron chi connectivity index (χ4n) is 2.93. The lowest BCUT2D eigenvalue weighted by Gasteiger charge is -2.23. The second-order valence-electron chi connectivity index (χ2n) is 6.55. The minimum atomic E-state index is 0.411. The molecule has 1 N–H and O–H groups in total. The first-order chi connectivity index (χ1) is 11.1. The van der Waals surface area contributed by atoms with Gasteiger partial charge in [0.05, 0.1) is 7.11 Å². The summed E-state index contributed by atoms with van der Waals surface area (Å²) in [4.78, 5) is 2.46. The molecule has 2 aromatic carbocycles. The Bertz CT molecular complexity index is 675. The molecule has 122 valence electrons. The summed E-state index contributed by atoms with van der Waals surface area (Å²) < 4.78 is 5.22. The molecule has 3 heteroatoms. The van der Waals surface area contributed by atoms with Gasteiger partial charge in [-0.05, 0) is 61.6 Å². The molecule has 0 spiro atoms. The quantitative estimate of drug-likeness (QED) is 0.868. The van der Waals surface area contributed by atoms with Crippen LogP contribution >= 0.6 is 0 Å². The topological polar surface area (TPSA) is 32.7 Å². The molecule has 0 amide bonds. The van der Waals surface area contributed by atoms with Gasteiger partial charge in [0.15, 0.2) is 0 Å². The molecular weight excluding hydrogens is 286 g/mol. The van der Waals surface area contributed by atoms with Gasteiger partial charge in [0.1, 0.15) is 11.5 Å². The highest BCUT2D eigenvalue weighted by Gasteiger charge is 2.29. The number of nitrogens with zero attached hydrogens (tertiary/aromatic N) is 1. The summed E-state index contributed by atoms with van der Waals surface area (Å²) in [6, 6.07) is 12.9. The second kappa shape index (κ2) is 6.63. The summed E-state index contributed by atoms with van der Waals surface area (Å²) in [7, 11) is 1.69. The Labute approximate surface area is 138 Å². The molecule has 0 saturated heterocycles. The number of aryl methyl sites for hydroxylation is 2. The van der Waals surface area contributed by atoms with Crippen molar-refractivity contribution in [3.05, 3.63) is 58.7 Å². The molecule has 3 rings (SSSR count). The van der Waals surface area contributed by atoms with Gasteiger partial charge < -0.3 is 9.84 Å². The third kappa shape index (κ3) is 3.85. The number of phenols is 1. The average molecular weight is 311 g/mol. The third-order valence-electron chi connectivity index (χ3n) is 4.68. The summed E-state index contributed by atoms with van der Waals surface area (Å²) >= 11 is 0. The van der Waals surface area contributed by atoms with Gasteiger partial charge in [0, 0.05) is 24.7 Å². The molecule has 0 bridgehead atoms. The van der Waals surface area contributed by atoms with Crippen molar-refractivity contribution >= 4 is 0 Å². The molecule has 0 aromatic heterocycles. The van der Waals surface area contributed by atoms with E-state index < -0.39 is 0 Å². The lowest BCUT2D eigenvalue weighted by molar-refractivity contribution is 0.242. The maximum absolute atomic E-state index is 10.3. The van der Waals surface area contributed by atoms with Crippen LogP contribution in [0.2, 0.25) is 0 Å². The van der Waals surface area contributed by atoms with Gasteiger partial charge in [-0.15, -0.1) is 0 Å². The Kier molecular flexibility index (Phi) is 4.58. The highest BCUT2D eigenvalue weighted by atomic mass is 16.5. The van der Waals surface area contributed by atoms with E-state index in [0.29, 0.717) is 11.8 Å². The van der Waals surface area contributed by atoms with Gasteiger partial charge in [0.2, 0.25) is 0 Å². The van der Waals surface area contributed by atoms with Crippen LogP contribution in [0.4, 0.5) is 0 Å². The smallest absolute Gasteiger partial charge is 0.120 e. The standard InChI is InChI=1S/C20H25NO2/c1-14-10-17(20(22)11-15(14)2)13-21(18-6-7-18)12-16-4-8-19(23-3)9-5-16/h4-5,8-11,18,22H,6-7,12-13H2,1-3H3. The predicted octanol–water partition coefficient (Wildman–Crippen LogP) is 4.18. The summed E-state index contributed by atoms with van der Waals surface area (Å²) in [5.41, 5.74) is 4.67. The van der Waals surface area contributed by atoms with E-state index in [0.717, 1.165) is 30.0 Å². The number of ether oxygens (including phenoxy) is 1. The summed E-state index contributed by atoms with van der Waals surface area (Å²) in [6.07, 6.45) is 2.50. The number of aromatic hydroxyl groups is 1. The van der Waals surface area contributed by atoms with E-state index in [1.165, 1.54) is 24.0 Å². The molecule has 0 aliphatic heterocycles. The molecule has 3 nitrogen and oxygen atoms in total. The van der Waals surface area contributed by atoms with Crippen molar-refractivity contribution < 1.29 is 9.84 Å². The second-order valence-corrected chi connectivity index (χ2v) is 6.55. The zero-order valence-corrected chi connectivity index (χ0v) is 14.2. The van der Waals surface area contributed by atoms with Crippen LogP contribution in [-0.2, 0) is 13.1 Å². The molecule has 1 aliphatic rings. The fourth-order valence-corrected chi connectivity index (χ4v) is 2.93. The SMILES string of the molecule is COc1ccc(CN(Cc2cc(C)c(C)cc2O)C2CC2)cc1. The van der Waals surface area contributed by atoms with Crippen molar-refractivity contribution in [3.63, 3.8) is 0 Å². The van der Waals surface area contributed by atoms with Gasteiger partial charge >= 0.3 is 0 Å². The molecule has 0 atom stereocenters. The van der Waals surface area contributed by atoms with Crippen molar-refractivity contribution in [3.8, 4) is 11.5 Å². The average Bonchev–Trinajstić information content (AvgIpc) is 3.37. The third-order valence-corrected chi connectivity index (χ3v) is 4.68. The fraction of sp³-hybridized carbons (Fsp3) is 0.400. The minimum absolute atomic E-state index is 0.411. The van der Waals surface area contributed by atoms with Gasteiger partial charge in [-0.2, -0.15) is 0 Å². The van der Waals surface area contributed by atoms with Crippen molar-refractivity contribution in [1.82, 2.24) is 4.90 Å². The minimum Gasteiger partial charge on any atom is -0.508 e.